The van der Waals surface area contributed by atoms with Crippen molar-refractivity contribution in [2.45, 2.75) is 12.5 Å². The van der Waals surface area contributed by atoms with Crippen molar-refractivity contribution in [3.63, 3.8) is 0 Å². The molecule has 1 aromatic carbocycles. The van der Waals surface area contributed by atoms with E-state index in [9.17, 15) is 9.59 Å². The molecule has 2 heterocycles. The average molecular weight is 287 g/mol. The predicted molar refractivity (Wildman–Crippen MR) is 73.9 cm³/mol. The summed E-state index contributed by atoms with van der Waals surface area (Å²) in [6.07, 6.45) is 1.33. The number of benzene rings is 1. The molecular weight excluding hydrogens is 274 g/mol. The number of hydrogen-bond acceptors (Lipinski definition) is 5. The second-order valence-corrected chi connectivity index (χ2v) is 4.51. The number of carbonyl (C=O) groups is 2. The number of carbonyl (C=O) groups excluding carboxylic acids is 2. The number of nitrogens with one attached hydrogen (secondary N) is 2. The molecule has 1 aromatic heterocycles. The standard InChI is InChI=1S/C13H13N5O3/c1-21-9-4-2-8(3-5-9)16-12(20)10-6-11(19)17-13-14-7-15-18(10)13/h2-5,7,10H,6H2,1H3,(H,16,20)(H,14,15,17,19). The quantitative estimate of drug-likeness (QED) is 0.870. The molecule has 0 saturated heterocycles. The lowest BCUT2D eigenvalue weighted by Gasteiger charge is -2.22. The molecule has 8 heteroatoms. The van der Waals surface area contributed by atoms with Crippen LogP contribution in [0.5, 0.6) is 5.75 Å². The maximum atomic E-state index is 12.3. The number of nitrogens with zero attached hydrogens (tertiary/aromatic N) is 3. The number of fused-ring (bicyclic) bond motifs is 1. The van der Waals surface area contributed by atoms with Crippen LogP contribution in [0.25, 0.3) is 0 Å². The highest BCUT2D eigenvalue weighted by Crippen LogP contribution is 2.23. The Hall–Kier alpha value is -2.90. The summed E-state index contributed by atoms with van der Waals surface area (Å²) in [4.78, 5) is 27.8. The Balaban J connectivity index is 1.78. The molecule has 0 saturated carbocycles. The van der Waals surface area contributed by atoms with Gasteiger partial charge >= 0.3 is 0 Å². The van der Waals surface area contributed by atoms with Crippen LogP contribution in [-0.2, 0) is 9.59 Å². The van der Waals surface area contributed by atoms with Gasteiger partial charge in [0.2, 0.25) is 17.8 Å². The highest BCUT2D eigenvalue weighted by molar-refractivity contribution is 6.00. The molecule has 1 aliphatic heterocycles. The van der Waals surface area contributed by atoms with Crippen molar-refractivity contribution in [2.24, 2.45) is 0 Å². The third-order valence-electron chi connectivity index (χ3n) is 3.16. The highest BCUT2D eigenvalue weighted by Gasteiger charge is 2.31. The van der Waals surface area contributed by atoms with Gasteiger partial charge in [-0.05, 0) is 24.3 Å². The molecular formula is C13H13N5O3. The molecule has 0 fully saturated rings. The summed E-state index contributed by atoms with van der Waals surface area (Å²) >= 11 is 0. The zero-order valence-corrected chi connectivity index (χ0v) is 11.2. The normalized spacial score (nSPS) is 16.8. The summed E-state index contributed by atoms with van der Waals surface area (Å²) in [7, 11) is 1.57. The van der Waals surface area contributed by atoms with Crippen molar-refractivity contribution in [1.29, 1.82) is 0 Å². The molecule has 0 aliphatic carbocycles. The molecule has 2 aromatic rings. The van der Waals surface area contributed by atoms with Crippen LogP contribution in [0, 0.1) is 0 Å². The first kappa shape index (κ1) is 13.1. The number of anilines is 2. The summed E-state index contributed by atoms with van der Waals surface area (Å²) < 4.78 is 6.46. The maximum Gasteiger partial charge on any atom is 0.249 e. The lowest BCUT2D eigenvalue weighted by Crippen LogP contribution is -2.35. The van der Waals surface area contributed by atoms with E-state index >= 15 is 0 Å². The lowest BCUT2D eigenvalue weighted by atomic mass is 10.1. The van der Waals surface area contributed by atoms with Crippen molar-refractivity contribution in [3.8, 4) is 5.75 Å². The smallest absolute Gasteiger partial charge is 0.249 e. The Morgan fingerprint density at radius 3 is 2.90 bits per heavy atom. The van der Waals surface area contributed by atoms with Crippen LogP contribution in [0.2, 0.25) is 0 Å². The summed E-state index contributed by atoms with van der Waals surface area (Å²) in [6, 6.07) is 6.22. The van der Waals surface area contributed by atoms with E-state index in [1.807, 2.05) is 0 Å². The van der Waals surface area contributed by atoms with Crippen LogP contribution in [0.3, 0.4) is 0 Å². The molecule has 3 rings (SSSR count). The van der Waals surface area contributed by atoms with Crippen LogP contribution in [-0.4, -0.2) is 33.7 Å². The largest absolute Gasteiger partial charge is 0.497 e. The Bertz CT molecular complexity index is 679. The van der Waals surface area contributed by atoms with E-state index in [2.05, 4.69) is 20.7 Å². The van der Waals surface area contributed by atoms with Crippen LogP contribution in [0.4, 0.5) is 11.6 Å². The Morgan fingerprint density at radius 1 is 1.43 bits per heavy atom. The molecule has 21 heavy (non-hydrogen) atoms. The fourth-order valence-corrected chi connectivity index (χ4v) is 2.11. The van der Waals surface area contributed by atoms with E-state index in [-0.39, 0.29) is 24.2 Å². The molecule has 1 atom stereocenters. The van der Waals surface area contributed by atoms with E-state index in [0.29, 0.717) is 11.4 Å². The number of hydrogen-bond donors (Lipinski definition) is 2. The molecule has 108 valence electrons. The monoisotopic (exact) mass is 287 g/mol. The second kappa shape index (κ2) is 5.23. The van der Waals surface area contributed by atoms with Gasteiger partial charge < -0.3 is 10.1 Å². The van der Waals surface area contributed by atoms with Crippen molar-refractivity contribution in [3.05, 3.63) is 30.6 Å². The topological polar surface area (TPSA) is 98.1 Å². The molecule has 0 bridgehead atoms. The summed E-state index contributed by atoms with van der Waals surface area (Å²) in [5.41, 5.74) is 0.619. The summed E-state index contributed by atoms with van der Waals surface area (Å²) in [6.45, 7) is 0. The SMILES string of the molecule is COc1ccc(NC(=O)C2CC(=O)Nc3ncnn32)cc1. The van der Waals surface area contributed by atoms with Gasteiger partial charge in [0.25, 0.3) is 0 Å². The van der Waals surface area contributed by atoms with Gasteiger partial charge in [-0.15, -0.1) is 0 Å². The number of ether oxygens (including phenoxy) is 1. The van der Waals surface area contributed by atoms with Gasteiger partial charge in [0.05, 0.1) is 13.5 Å². The summed E-state index contributed by atoms with van der Waals surface area (Å²) in [5, 5.41) is 9.28. The minimum Gasteiger partial charge on any atom is -0.497 e. The Morgan fingerprint density at radius 2 is 2.19 bits per heavy atom. The van der Waals surface area contributed by atoms with Crippen molar-refractivity contribution in [2.75, 3.05) is 17.7 Å². The first-order valence-corrected chi connectivity index (χ1v) is 6.31. The van der Waals surface area contributed by atoms with Crippen LogP contribution < -0.4 is 15.4 Å². The molecule has 8 nitrogen and oxygen atoms in total. The Labute approximate surface area is 120 Å². The first-order valence-electron chi connectivity index (χ1n) is 6.31. The Kier molecular flexibility index (Phi) is 3.27. The van der Waals surface area contributed by atoms with Gasteiger partial charge in [-0.3, -0.25) is 14.9 Å². The van der Waals surface area contributed by atoms with Gasteiger partial charge in [-0.2, -0.15) is 10.1 Å². The molecule has 1 unspecified atom stereocenters. The third kappa shape index (κ3) is 2.55. The molecule has 1 aliphatic rings. The average Bonchev–Trinajstić information content (AvgIpc) is 2.95. The molecule has 2 N–H and O–H groups in total. The van der Waals surface area contributed by atoms with Crippen LogP contribution in [0.1, 0.15) is 12.5 Å². The fraction of sp³-hybridized carbons (Fsp3) is 0.231. The number of amides is 2. The van der Waals surface area contributed by atoms with Crippen molar-refractivity contribution in [1.82, 2.24) is 14.8 Å². The number of aromatic nitrogens is 3. The van der Waals surface area contributed by atoms with E-state index in [1.165, 1.54) is 11.0 Å². The highest BCUT2D eigenvalue weighted by atomic mass is 16.5. The van der Waals surface area contributed by atoms with E-state index in [1.54, 1.807) is 31.4 Å². The van der Waals surface area contributed by atoms with E-state index in [4.69, 9.17) is 4.74 Å². The van der Waals surface area contributed by atoms with Crippen molar-refractivity contribution < 1.29 is 14.3 Å². The minimum absolute atomic E-state index is 0.0261. The fourth-order valence-electron chi connectivity index (χ4n) is 2.11. The van der Waals surface area contributed by atoms with Gasteiger partial charge in [0.1, 0.15) is 18.1 Å². The van der Waals surface area contributed by atoms with Crippen LogP contribution >= 0.6 is 0 Å². The van der Waals surface area contributed by atoms with Crippen LogP contribution in [0.15, 0.2) is 30.6 Å². The number of rotatable bonds is 3. The zero-order valence-electron chi connectivity index (χ0n) is 11.2. The third-order valence-corrected chi connectivity index (χ3v) is 3.16. The molecule has 0 radical (unpaired) electrons. The van der Waals surface area contributed by atoms with Crippen molar-refractivity contribution >= 4 is 23.5 Å². The van der Waals surface area contributed by atoms with E-state index < -0.39 is 6.04 Å². The van der Waals surface area contributed by atoms with Gasteiger partial charge in [0.15, 0.2) is 0 Å². The number of methoxy groups -OCH3 is 1. The first-order chi connectivity index (χ1) is 10.2. The molecule has 0 spiro atoms. The van der Waals surface area contributed by atoms with Gasteiger partial charge in [-0.25, -0.2) is 4.68 Å². The molecule has 2 amide bonds. The maximum absolute atomic E-state index is 12.3. The predicted octanol–water partition coefficient (Wildman–Crippen LogP) is 0.809. The zero-order chi connectivity index (χ0) is 14.8. The van der Waals surface area contributed by atoms with Gasteiger partial charge in [0, 0.05) is 5.69 Å². The van der Waals surface area contributed by atoms with Gasteiger partial charge in [-0.1, -0.05) is 0 Å². The summed E-state index contributed by atoms with van der Waals surface area (Å²) in [5.74, 6) is 0.400. The lowest BCUT2D eigenvalue weighted by molar-refractivity contribution is -0.125. The minimum atomic E-state index is -0.710. The van der Waals surface area contributed by atoms with E-state index in [0.717, 1.165) is 0 Å². The second-order valence-electron chi connectivity index (χ2n) is 4.51.